The molecule has 0 spiro atoms. The number of ether oxygens (including phenoxy) is 2. The third-order valence-corrected chi connectivity index (χ3v) is 6.74. The third-order valence-electron chi connectivity index (χ3n) is 4.18. The van der Waals surface area contributed by atoms with E-state index in [1.54, 1.807) is 36.4 Å². The van der Waals surface area contributed by atoms with E-state index in [-0.39, 0.29) is 10.9 Å². The van der Waals surface area contributed by atoms with Crippen molar-refractivity contribution in [3.63, 3.8) is 0 Å². The van der Waals surface area contributed by atoms with Gasteiger partial charge >= 0.3 is 5.97 Å². The molecule has 1 fully saturated rings. The Balaban J connectivity index is 1.87. The van der Waals surface area contributed by atoms with E-state index < -0.39 is 18.4 Å². The smallest absolute Gasteiger partial charge is 0.323 e. The maximum absolute atomic E-state index is 12.5. The van der Waals surface area contributed by atoms with Crippen molar-refractivity contribution in [3.8, 4) is 11.5 Å². The lowest BCUT2D eigenvalue weighted by molar-refractivity contribution is -0.140. The van der Waals surface area contributed by atoms with Crippen LogP contribution in [0.5, 0.6) is 11.5 Å². The summed E-state index contributed by atoms with van der Waals surface area (Å²) in [6, 6.07) is 8.66. The van der Waals surface area contributed by atoms with E-state index in [0.717, 1.165) is 22.2 Å². The summed E-state index contributed by atoms with van der Waals surface area (Å²) in [5.41, 5.74) is 1.42. The molecule has 0 atom stereocenters. The molecule has 0 bridgehead atoms. The van der Waals surface area contributed by atoms with Gasteiger partial charge < -0.3 is 14.6 Å². The molecule has 3 rings (SSSR count). The van der Waals surface area contributed by atoms with Gasteiger partial charge in [-0.25, -0.2) is 0 Å². The van der Waals surface area contributed by atoms with Crippen molar-refractivity contribution in [1.82, 2.24) is 4.90 Å². The van der Waals surface area contributed by atoms with Crippen molar-refractivity contribution in [2.75, 3.05) is 13.2 Å². The molecule has 2 aromatic rings. The summed E-state index contributed by atoms with van der Waals surface area (Å²) in [7, 11) is 0. The van der Waals surface area contributed by atoms with E-state index in [1.165, 1.54) is 0 Å². The fraction of sp³-hybridized carbons (Fsp3) is 0.190. The summed E-state index contributed by atoms with van der Waals surface area (Å²) >= 11 is 21.9. The van der Waals surface area contributed by atoms with Crippen molar-refractivity contribution in [2.24, 2.45) is 0 Å². The first-order valence-corrected chi connectivity index (χ1v) is 12.0. The molecule has 1 aliphatic heterocycles. The van der Waals surface area contributed by atoms with Gasteiger partial charge in [-0.15, -0.1) is 0 Å². The Hall–Kier alpha value is -1.78. The zero-order valence-corrected chi connectivity index (χ0v) is 21.3. The van der Waals surface area contributed by atoms with Crippen LogP contribution in [0.2, 0.25) is 10.0 Å². The number of amides is 1. The molecule has 0 aromatic heterocycles. The van der Waals surface area contributed by atoms with Crippen LogP contribution in [0.4, 0.5) is 0 Å². The zero-order valence-electron chi connectivity index (χ0n) is 16.6. The van der Waals surface area contributed by atoms with Crippen LogP contribution in [0.15, 0.2) is 39.7 Å². The van der Waals surface area contributed by atoms with Crippen LogP contribution in [0.1, 0.15) is 18.1 Å². The van der Waals surface area contributed by atoms with Gasteiger partial charge in [0.25, 0.3) is 5.91 Å². The fourth-order valence-corrected chi connectivity index (χ4v) is 5.08. The molecular formula is C21H16BrCl2NO5S2. The number of hydrogen-bond donors (Lipinski definition) is 1. The molecule has 1 saturated heterocycles. The maximum atomic E-state index is 12.5. The standard InChI is InChI=1S/C21H16BrCl2NO5S2/c1-2-29-16-6-11(7-17-20(28)25(9-18(26)27)21(31)32-17)5-14(22)19(16)30-10-12-3-4-13(23)8-15(12)24/h3-8H,2,9-10H2,1H3,(H,26,27)/b17-7+. The monoisotopic (exact) mass is 575 g/mol. The fourth-order valence-electron chi connectivity index (χ4n) is 2.79. The minimum atomic E-state index is -1.13. The van der Waals surface area contributed by atoms with Crippen molar-refractivity contribution < 1.29 is 24.2 Å². The number of halogens is 3. The molecule has 6 nitrogen and oxygen atoms in total. The van der Waals surface area contributed by atoms with Crippen molar-refractivity contribution in [1.29, 1.82) is 0 Å². The Morgan fingerprint density at radius 3 is 2.69 bits per heavy atom. The Morgan fingerprint density at radius 2 is 2.03 bits per heavy atom. The average Bonchev–Trinajstić information content (AvgIpc) is 2.96. The van der Waals surface area contributed by atoms with E-state index in [4.69, 9.17) is 50.0 Å². The molecule has 1 aliphatic rings. The van der Waals surface area contributed by atoms with Gasteiger partial charge in [-0.3, -0.25) is 14.5 Å². The van der Waals surface area contributed by atoms with Crippen LogP contribution in [0.3, 0.4) is 0 Å². The van der Waals surface area contributed by atoms with Crippen molar-refractivity contribution in [3.05, 3.63) is 60.9 Å². The molecule has 1 amide bonds. The lowest BCUT2D eigenvalue weighted by Crippen LogP contribution is -2.33. The number of thioether (sulfide) groups is 1. The van der Waals surface area contributed by atoms with Gasteiger partial charge in [-0.05, 0) is 58.8 Å². The highest BCUT2D eigenvalue weighted by Gasteiger charge is 2.33. The number of hydrogen-bond acceptors (Lipinski definition) is 6. The van der Waals surface area contributed by atoms with Gasteiger partial charge in [0.2, 0.25) is 0 Å². The second kappa shape index (κ2) is 10.9. The van der Waals surface area contributed by atoms with Crippen LogP contribution in [-0.4, -0.2) is 39.4 Å². The SMILES string of the molecule is CCOc1cc(/C=C2/SC(=S)N(CC(=O)O)C2=O)cc(Br)c1OCc1ccc(Cl)cc1Cl. The molecule has 32 heavy (non-hydrogen) atoms. The Labute approximate surface area is 212 Å². The highest BCUT2D eigenvalue weighted by molar-refractivity contribution is 9.10. The number of nitrogens with zero attached hydrogens (tertiary/aromatic N) is 1. The maximum Gasteiger partial charge on any atom is 0.323 e. The highest BCUT2D eigenvalue weighted by atomic mass is 79.9. The second-order valence-corrected chi connectivity index (χ2v) is 9.82. The summed E-state index contributed by atoms with van der Waals surface area (Å²) in [5.74, 6) is -0.631. The minimum Gasteiger partial charge on any atom is -0.490 e. The van der Waals surface area contributed by atoms with E-state index in [1.807, 2.05) is 6.92 Å². The summed E-state index contributed by atoms with van der Waals surface area (Å²) in [5, 5.41) is 10.0. The van der Waals surface area contributed by atoms with E-state index in [0.29, 0.717) is 43.1 Å². The molecule has 1 heterocycles. The number of carboxylic acids is 1. The van der Waals surface area contributed by atoms with Crippen LogP contribution >= 0.6 is 63.1 Å². The van der Waals surface area contributed by atoms with Gasteiger partial charge in [0, 0.05) is 15.6 Å². The molecule has 0 unspecified atom stereocenters. The van der Waals surface area contributed by atoms with Crippen molar-refractivity contribution >= 4 is 85.4 Å². The Bertz CT molecular complexity index is 1130. The number of carboxylic acid groups (broad SMARTS) is 1. The largest absolute Gasteiger partial charge is 0.490 e. The van der Waals surface area contributed by atoms with E-state index in [9.17, 15) is 9.59 Å². The predicted octanol–water partition coefficient (Wildman–Crippen LogP) is 6.02. The first kappa shape index (κ1) is 24.9. The van der Waals surface area contributed by atoms with Gasteiger partial charge in [-0.1, -0.05) is 53.2 Å². The number of aliphatic carboxylic acids is 1. The normalized spacial score (nSPS) is 14.9. The second-order valence-electron chi connectivity index (χ2n) is 6.45. The number of benzene rings is 2. The van der Waals surface area contributed by atoms with Crippen molar-refractivity contribution in [2.45, 2.75) is 13.5 Å². The lowest BCUT2D eigenvalue weighted by Gasteiger charge is -2.15. The van der Waals surface area contributed by atoms with Gasteiger partial charge in [0.1, 0.15) is 17.5 Å². The Kier molecular flexibility index (Phi) is 8.46. The number of thiocarbonyl (C=S) groups is 1. The number of rotatable bonds is 8. The minimum absolute atomic E-state index is 0.196. The summed E-state index contributed by atoms with van der Waals surface area (Å²) in [6.45, 7) is 1.96. The first-order chi connectivity index (χ1) is 15.2. The molecule has 0 aliphatic carbocycles. The average molecular weight is 577 g/mol. The summed E-state index contributed by atoms with van der Waals surface area (Å²) in [4.78, 5) is 24.9. The van der Waals surface area contributed by atoms with Gasteiger partial charge in [0.15, 0.2) is 11.5 Å². The topological polar surface area (TPSA) is 76.1 Å². The molecule has 1 N–H and O–H groups in total. The molecule has 168 valence electrons. The third kappa shape index (κ3) is 5.96. The molecular weight excluding hydrogens is 561 g/mol. The van der Waals surface area contributed by atoms with E-state index in [2.05, 4.69) is 15.9 Å². The quantitative estimate of drug-likeness (QED) is 0.304. The molecule has 0 radical (unpaired) electrons. The van der Waals surface area contributed by atoms with Gasteiger partial charge in [-0.2, -0.15) is 0 Å². The number of carbonyl (C=O) groups excluding carboxylic acids is 1. The van der Waals surface area contributed by atoms with Gasteiger partial charge in [0.05, 0.1) is 16.0 Å². The zero-order chi connectivity index (χ0) is 23.4. The molecule has 2 aromatic carbocycles. The predicted molar refractivity (Wildman–Crippen MR) is 134 cm³/mol. The van der Waals surface area contributed by atoms with Crippen LogP contribution in [0, 0.1) is 0 Å². The lowest BCUT2D eigenvalue weighted by atomic mass is 10.1. The number of carbonyl (C=O) groups is 2. The van der Waals surface area contributed by atoms with Crippen LogP contribution < -0.4 is 9.47 Å². The summed E-state index contributed by atoms with van der Waals surface area (Å²) in [6.07, 6.45) is 1.63. The van der Waals surface area contributed by atoms with Crippen LogP contribution in [-0.2, 0) is 16.2 Å². The van der Waals surface area contributed by atoms with Crippen LogP contribution in [0.25, 0.3) is 6.08 Å². The molecule has 11 heteroatoms. The highest BCUT2D eigenvalue weighted by Crippen LogP contribution is 2.40. The Morgan fingerprint density at radius 1 is 1.28 bits per heavy atom. The summed E-state index contributed by atoms with van der Waals surface area (Å²) < 4.78 is 12.5. The molecule has 0 saturated carbocycles. The van der Waals surface area contributed by atoms with E-state index >= 15 is 0 Å². The first-order valence-electron chi connectivity index (χ1n) is 9.19.